The van der Waals surface area contributed by atoms with Crippen LogP contribution in [0.5, 0.6) is 11.5 Å². The third kappa shape index (κ3) is 2.70. The van der Waals surface area contributed by atoms with Gasteiger partial charge in [0.15, 0.2) is 17.6 Å². The van der Waals surface area contributed by atoms with Crippen LogP contribution in [0.1, 0.15) is 10.4 Å². The minimum Gasteiger partial charge on any atom is -0.485 e. The Bertz CT molecular complexity index is 608. The number of thiophene rings is 1. The Balaban J connectivity index is 1.55. The van der Waals surface area contributed by atoms with Crippen LogP contribution in [-0.2, 0) is 4.74 Å². The maximum absolute atomic E-state index is 11.8. The molecule has 0 amide bonds. The number of nitrogen functional groups attached to an aromatic ring is 1. The van der Waals surface area contributed by atoms with Crippen molar-refractivity contribution in [1.29, 1.82) is 0 Å². The standard InChI is InChI=1S/C14H13NO4S/c15-10-3-1-9(2-4-10)14(16)18-6-11-5-17-12-7-20-8-13(12)19-11/h1-4,7-8,11H,5-6,15H2. The Kier molecular flexibility index (Phi) is 3.47. The average molecular weight is 291 g/mol. The molecule has 1 aliphatic heterocycles. The number of rotatable bonds is 3. The Morgan fingerprint density at radius 3 is 2.85 bits per heavy atom. The Morgan fingerprint density at radius 2 is 2.05 bits per heavy atom. The van der Waals surface area contributed by atoms with Gasteiger partial charge < -0.3 is 19.9 Å². The summed E-state index contributed by atoms with van der Waals surface area (Å²) in [6, 6.07) is 6.59. The van der Waals surface area contributed by atoms with E-state index in [4.69, 9.17) is 19.9 Å². The number of nitrogens with two attached hydrogens (primary N) is 1. The fraction of sp³-hybridized carbons (Fsp3) is 0.214. The molecule has 1 aromatic carbocycles. The molecule has 2 N–H and O–H groups in total. The van der Waals surface area contributed by atoms with Crippen molar-refractivity contribution in [3.8, 4) is 11.5 Å². The van der Waals surface area contributed by atoms with Crippen LogP contribution in [-0.4, -0.2) is 25.3 Å². The van der Waals surface area contributed by atoms with Gasteiger partial charge in [0.2, 0.25) is 0 Å². The largest absolute Gasteiger partial charge is 0.485 e. The first-order valence-corrected chi connectivity index (χ1v) is 7.05. The van der Waals surface area contributed by atoms with E-state index in [9.17, 15) is 4.79 Å². The third-order valence-corrected chi connectivity index (χ3v) is 3.56. The fourth-order valence-electron chi connectivity index (χ4n) is 1.81. The average Bonchev–Trinajstić information content (AvgIpc) is 2.93. The highest BCUT2D eigenvalue weighted by Crippen LogP contribution is 2.35. The van der Waals surface area contributed by atoms with E-state index >= 15 is 0 Å². The summed E-state index contributed by atoms with van der Waals surface area (Å²) < 4.78 is 16.4. The van der Waals surface area contributed by atoms with E-state index in [0.29, 0.717) is 23.6 Å². The molecule has 2 aromatic rings. The lowest BCUT2D eigenvalue weighted by Gasteiger charge is -2.24. The van der Waals surface area contributed by atoms with Crippen LogP contribution < -0.4 is 15.2 Å². The van der Waals surface area contributed by atoms with E-state index in [0.717, 1.165) is 5.75 Å². The summed E-state index contributed by atoms with van der Waals surface area (Å²) in [6.07, 6.45) is -0.283. The van der Waals surface area contributed by atoms with Gasteiger partial charge in [0.05, 0.1) is 5.56 Å². The number of fused-ring (bicyclic) bond motifs is 1. The zero-order chi connectivity index (χ0) is 13.9. The summed E-state index contributed by atoms with van der Waals surface area (Å²) >= 11 is 1.51. The van der Waals surface area contributed by atoms with Crippen molar-refractivity contribution in [2.45, 2.75) is 6.10 Å². The van der Waals surface area contributed by atoms with Gasteiger partial charge >= 0.3 is 5.97 Å². The summed E-state index contributed by atoms with van der Waals surface area (Å²) in [7, 11) is 0. The molecular formula is C14H13NO4S. The molecule has 2 heterocycles. The molecule has 3 rings (SSSR count). The van der Waals surface area contributed by atoms with Crippen LogP contribution in [0.25, 0.3) is 0 Å². The van der Waals surface area contributed by atoms with Crippen molar-refractivity contribution in [3.05, 3.63) is 40.6 Å². The van der Waals surface area contributed by atoms with Crippen LogP contribution in [0.15, 0.2) is 35.0 Å². The second-order valence-electron chi connectivity index (χ2n) is 4.37. The van der Waals surface area contributed by atoms with E-state index in [-0.39, 0.29) is 12.7 Å². The van der Waals surface area contributed by atoms with Crippen molar-refractivity contribution < 1.29 is 19.0 Å². The number of hydrogen-bond donors (Lipinski definition) is 1. The molecule has 0 radical (unpaired) electrons. The minimum absolute atomic E-state index is 0.151. The van der Waals surface area contributed by atoms with Crippen LogP contribution in [0.2, 0.25) is 0 Å². The monoisotopic (exact) mass is 291 g/mol. The summed E-state index contributed by atoms with van der Waals surface area (Å²) in [5.41, 5.74) is 6.64. The molecule has 1 atom stereocenters. The van der Waals surface area contributed by atoms with Crippen LogP contribution >= 0.6 is 11.3 Å². The SMILES string of the molecule is Nc1ccc(C(=O)OCC2COc3cscc3O2)cc1. The van der Waals surface area contributed by atoms with Gasteiger partial charge in [-0.2, -0.15) is 0 Å². The van der Waals surface area contributed by atoms with Crippen LogP contribution in [0.3, 0.4) is 0 Å². The van der Waals surface area contributed by atoms with Gasteiger partial charge in [0.1, 0.15) is 13.2 Å². The van der Waals surface area contributed by atoms with Crippen molar-refractivity contribution >= 4 is 23.0 Å². The van der Waals surface area contributed by atoms with Gasteiger partial charge in [0, 0.05) is 16.4 Å². The predicted octanol–water partition coefficient (Wildman–Crippen LogP) is 2.33. The number of benzene rings is 1. The summed E-state index contributed by atoms with van der Waals surface area (Å²) in [4.78, 5) is 11.8. The highest BCUT2D eigenvalue weighted by Gasteiger charge is 2.23. The third-order valence-electron chi connectivity index (χ3n) is 2.86. The Labute approximate surface area is 119 Å². The first kappa shape index (κ1) is 12.8. The van der Waals surface area contributed by atoms with E-state index in [2.05, 4.69) is 0 Å². The minimum atomic E-state index is -0.398. The number of carbonyl (C=O) groups is 1. The molecule has 1 unspecified atom stereocenters. The molecule has 0 aliphatic carbocycles. The maximum atomic E-state index is 11.8. The smallest absolute Gasteiger partial charge is 0.338 e. The summed E-state index contributed by atoms with van der Waals surface area (Å²) in [5, 5.41) is 3.75. The summed E-state index contributed by atoms with van der Waals surface area (Å²) in [6.45, 7) is 0.525. The molecule has 0 saturated carbocycles. The molecule has 20 heavy (non-hydrogen) atoms. The zero-order valence-corrected chi connectivity index (χ0v) is 11.4. The van der Waals surface area contributed by atoms with Crippen molar-refractivity contribution in [3.63, 3.8) is 0 Å². The van der Waals surface area contributed by atoms with Crippen molar-refractivity contribution in [2.24, 2.45) is 0 Å². The van der Waals surface area contributed by atoms with E-state index in [1.807, 2.05) is 10.8 Å². The predicted molar refractivity (Wildman–Crippen MR) is 75.4 cm³/mol. The molecule has 104 valence electrons. The molecule has 0 spiro atoms. The first-order valence-electron chi connectivity index (χ1n) is 6.10. The molecular weight excluding hydrogens is 278 g/mol. The van der Waals surface area contributed by atoms with Gasteiger partial charge in [-0.15, -0.1) is 11.3 Å². The number of ether oxygens (including phenoxy) is 3. The van der Waals surface area contributed by atoms with E-state index < -0.39 is 5.97 Å². The quantitative estimate of drug-likeness (QED) is 0.694. The lowest BCUT2D eigenvalue weighted by molar-refractivity contribution is 0.0114. The van der Waals surface area contributed by atoms with E-state index in [1.165, 1.54) is 11.3 Å². The fourth-order valence-corrected chi connectivity index (χ4v) is 2.49. The second kappa shape index (κ2) is 5.42. The van der Waals surface area contributed by atoms with Crippen molar-refractivity contribution in [1.82, 2.24) is 0 Å². The molecule has 0 fully saturated rings. The molecule has 5 nitrogen and oxygen atoms in total. The molecule has 0 saturated heterocycles. The Hall–Kier alpha value is -2.21. The van der Waals surface area contributed by atoms with Gasteiger partial charge in [-0.05, 0) is 24.3 Å². The second-order valence-corrected chi connectivity index (χ2v) is 5.12. The van der Waals surface area contributed by atoms with Gasteiger partial charge in [0.25, 0.3) is 0 Å². The van der Waals surface area contributed by atoms with Gasteiger partial charge in [-0.25, -0.2) is 4.79 Å². The number of carbonyl (C=O) groups excluding carboxylic acids is 1. The number of anilines is 1. The topological polar surface area (TPSA) is 70.8 Å². The highest BCUT2D eigenvalue weighted by molar-refractivity contribution is 7.08. The van der Waals surface area contributed by atoms with Gasteiger partial charge in [-0.3, -0.25) is 0 Å². The molecule has 1 aromatic heterocycles. The molecule has 1 aliphatic rings. The normalized spacial score (nSPS) is 16.7. The molecule has 6 heteroatoms. The van der Waals surface area contributed by atoms with Crippen LogP contribution in [0, 0.1) is 0 Å². The van der Waals surface area contributed by atoms with Crippen LogP contribution in [0.4, 0.5) is 5.69 Å². The summed E-state index contributed by atoms with van der Waals surface area (Å²) in [5.74, 6) is 1.05. The zero-order valence-electron chi connectivity index (χ0n) is 10.6. The van der Waals surface area contributed by atoms with Crippen molar-refractivity contribution in [2.75, 3.05) is 18.9 Å². The number of hydrogen-bond acceptors (Lipinski definition) is 6. The van der Waals surface area contributed by atoms with E-state index in [1.54, 1.807) is 24.3 Å². The lowest BCUT2D eigenvalue weighted by Crippen LogP contribution is -2.33. The first-order chi connectivity index (χ1) is 9.72. The Morgan fingerprint density at radius 1 is 1.30 bits per heavy atom. The van der Waals surface area contributed by atoms with Gasteiger partial charge in [-0.1, -0.05) is 0 Å². The maximum Gasteiger partial charge on any atom is 0.338 e. The highest BCUT2D eigenvalue weighted by atomic mass is 32.1. The lowest BCUT2D eigenvalue weighted by atomic mass is 10.2. The number of esters is 1. The molecule has 0 bridgehead atoms.